The second-order valence-electron chi connectivity index (χ2n) is 7.50. The molecular weight excluding hydrogens is 424 g/mol. The van der Waals surface area contributed by atoms with Crippen LogP contribution < -0.4 is 16.4 Å². The van der Waals surface area contributed by atoms with Gasteiger partial charge in [0.25, 0.3) is 0 Å². The number of aromatic nitrogens is 2. The standard InChI is InChI=1S/C19H30N6O5S/c1-11(20)16(26)23-13(5-7-31-2)17(27)24-14(8-12-9-21-10-22-12)18(28)25-6-3-4-15(25)19(29)30/h9-11,13-15H,3-8,20H2,1-2H3,(H,21,22)(H,23,26)(H,24,27)(H,29,30). The van der Waals surface area contributed by atoms with Crippen LogP contribution >= 0.6 is 11.8 Å². The van der Waals surface area contributed by atoms with Gasteiger partial charge in [0.2, 0.25) is 17.7 Å². The van der Waals surface area contributed by atoms with Gasteiger partial charge >= 0.3 is 5.97 Å². The highest BCUT2D eigenvalue weighted by molar-refractivity contribution is 7.98. The van der Waals surface area contributed by atoms with Crippen molar-refractivity contribution in [3.63, 3.8) is 0 Å². The molecule has 0 aliphatic carbocycles. The number of nitrogens with two attached hydrogens (primary N) is 1. The summed E-state index contributed by atoms with van der Waals surface area (Å²) < 4.78 is 0. The maximum Gasteiger partial charge on any atom is 0.326 e. The van der Waals surface area contributed by atoms with Gasteiger partial charge in [-0.15, -0.1) is 0 Å². The van der Waals surface area contributed by atoms with Crippen LogP contribution in [0.3, 0.4) is 0 Å². The molecule has 3 amide bonds. The monoisotopic (exact) mass is 454 g/mol. The van der Waals surface area contributed by atoms with E-state index in [0.717, 1.165) is 0 Å². The molecule has 4 unspecified atom stereocenters. The Balaban J connectivity index is 2.19. The maximum atomic E-state index is 13.2. The highest BCUT2D eigenvalue weighted by Crippen LogP contribution is 2.19. The lowest BCUT2D eigenvalue weighted by molar-refractivity contribution is -0.149. The number of nitrogens with zero attached hydrogens (tertiary/aromatic N) is 2. The molecule has 0 radical (unpaired) electrons. The minimum absolute atomic E-state index is 0.115. The molecule has 0 spiro atoms. The van der Waals surface area contributed by atoms with E-state index in [2.05, 4.69) is 20.6 Å². The summed E-state index contributed by atoms with van der Waals surface area (Å²) in [6.07, 6.45) is 6.29. The lowest BCUT2D eigenvalue weighted by Crippen LogP contribution is -2.57. The Hall–Kier alpha value is -2.60. The number of likely N-dealkylation sites (tertiary alicyclic amines) is 1. The topological polar surface area (TPSA) is 171 Å². The minimum Gasteiger partial charge on any atom is -0.480 e. The first-order valence-electron chi connectivity index (χ1n) is 10.1. The molecule has 1 fully saturated rings. The fourth-order valence-corrected chi connectivity index (χ4v) is 3.86. The number of carbonyl (C=O) groups excluding carboxylic acids is 3. The zero-order valence-electron chi connectivity index (χ0n) is 17.7. The largest absolute Gasteiger partial charge is 0.480 e. The van der Waals surface area contributed by atoms with Gasteiger partial charge in [-0.05, 0) is 38.2 Å². The molecule has 1 aliphatic rings. The third kappa shape index (κ3) is 6.96. The molecule has 1 aromatic rings. The maximum absolute atomic E-state index is 13.2. The fraction of sp³-hybridized carbons (Fsp3) is 0.632. The summed E-state index contributed by atoms with van der Waals surface area (Å²) in [5, 5.41) is 14.8. The number of amides is 3. The summed E-state index contributed by atoms with van der Waals surface area (Å²) in [6.45, 7) is 1.82. The number of H-pyrrole nitrogens is 1. The van der Waals surface area contributed by atoms with Crippen LogP contribution in [-0.4, -0.2) is 86.4 Å². The van der Waals surface area contributed by atoms with E-state index in [-0.39, 0.29) is 6.42 Å². The number of hydrogen-bond acceptors (Lipinski definition) is 7. The summed E-state index contributed by atoms with van der Waals surface area (Å²) in [4.78, 5) is 57.9. The van der Waals surface area contributed by atoms with Crippen molar-refractivity contribution in [3.05, 3.63) is 18.2 Å². The van der Waals surface area contributed by atoms with Crippen LogP contribution in [0, 0.1) is 0 Å². The van der Waals surface area contributed by atoms with E-state index in [1.54, 1.807) is 0 Å². The average Bonchev–Trinajstić information content (AvgIpc) is 3.41. The van der Waals surface area contributed by atoms with Crippen molar-refractivity contribution in [1.29, 1.82) is 0 Å². The first kappa shape index (κ1) is 24.7. The highest BCUT2D eigenvalue weighted by Gasteiger charge is 2.38. The minimum atomic E-state index is -1.07. The Labute approximate surface area is 184 Å². The number of carboxylic acids is 1. The molecule has 172 valence electrons. The lowest BCUT2D eigenvalue weighted by Gasteiger charge is -2.28. The van der Waals surface area contributed by atoms with Crippen molar-refractivity contribution >= 4 is 35.5 Å². The molecule has 31 heavy (non-hydrogen) atoms. The van der Waals surface area contributed by atoms with Gasteiger partial charge in [-0.25, -0.2) is 9.78 Å². The van der Waals surface area contributed by atoms with Crippen LogP contribution in [0.15, 0.2) is 12.5 Å². The van der Waals surface area contributed by atoms with Gasteiger partial charge in [0.1, 0.15) is 18.1 Å². The van der Waals surface area contributed by atoms with Crippen molar-refractivity contribution in [2.45, 2.75) is 56.8 Å². The summed E-state index contributed by atoms with van der Waals surface area (Å²) in [7, 11) is 0. The van der Waals surface area contributed by atoms with Crippen LogP contribution in [-0.2, 0) is 25.6 Å². The third-order valence-electron chi connectivity index (χ3n) is 5.07. The lowest BCUT2D eigenvalue weighted by atomic mass is 10.1. The molecule has 1 saturated heterocycles. The number of thioether (sulfide) groups is 1. The van der Waals surface area contributed by atoms with E-state index in [1.165, 1.54) is 36.1 Å². The zero-order valence-corrected chi connectivity index (χ0v) is 18.5. The third-order valence-corrected chi connectivity index (χ3v) is 5.72. The number of carbonyl (C=O) groups is 4. The number of rotatable bonds is 11. The predicted octanol–water partition coefficient (Wildman–Crippen LogP) is -0.902. The number of hydrogen-bond donors (Lipinski definition) is 5. The SMILES string of the molecule is CSCCC(NC(=O)C(C)N)C(=O)NC(Cc1cnc[nH]1)C(=O)N1CCCC1C(=O)O. The average molecular weight is 455 g/mol. The molecule has 12 heteroatoms. The van der Waals surface area contributed by atoms with E-state index in [9.17, 15) is 24.3 Å². The van der Waals surface area contributed by atoms with Gasteiger partial charge < -0.3 is 31.4 Å². The first-order valence-corrected chi connectivity index (χ1v) is 11.5. The highest BCUT2D eigenvalue weighted by atomic mass is 32.2. The molecule has 0 bridgehead atoms. The second-order valence-corrected chi connectivity index (χ2v) is 8.49. The van der Waals surface area contributed by atoms with Crippen LogP contribution in [0.5, 0.6) is 0 Å². The molecule has 2 heterocycles. The van der Waals surface area contributed by atoms with E-state index in [1.807, 2.05) is 6.26 Å². The Kier molecular flexibility index (Phi) is 9.31. The summed E-state index contributed by atoms with van der Waals surface area (Å²) in [5.74, 6) is -1.92. The number of nitrogens with one attached hydrogen (secondary N) is 3. The van der Waals surface area contributed by atoms with Crippen molar-refractivity contribution in [2.24, 2.45) is 5.73 Å². The normalized spacial score (nSPS) is 18.8. The molecular formula is C19H30N6O5S. The molecule has 4 atom stereocenters. The quantitative estimate of drug-likeness (QED) is 0.286. The van der Waals surface area contributed by atoms with Gasteiger partial charge in [0, 0.05) is 24.9 Å². The summed E-state index contributed by atoms with van der Waals surface area (Å²) >= 11 is 1.52. The van der Waals surface area contributed by atoms with E-state index in [4.69, 9.17) is 5.73 Å². The number of imidazole rings is 1. The van der Waals surface area contributed by atoms with E-state index < -0.39 is 47.9 Å². The van der Waals surface area contributed by atoms with Gasteiger partial charge in [0.05, 0.1) is 12.4 Å². The van der Waals surface area contributed by atoms with Gasteiger partial charge in [-0.1, -0.05) is 0 Å². The number of aliphatic carboxylic acids is 1. The summed E-state index contributed by atoms with van der Waals surface area (Å²) in [5.41, 5.74) is 6.22. The van der Waals surface area contributed by atoms with Crippen molar-refractivity contribution in [2.75, 3.05) is 18.6 Å². The molecule has 1 aromatic heterocycles. The zero-order chi connectivity index (χ0) is 23.0. The number of aromatic amines is 1. The molecule has 0 aromatic carbocycles. The van der Waals surface area contributed by atoms with Crippen LogP contribution in [0.4, 0.5) is 0 Å². The van der Waals surface area contributed by atoms with Crippen molar-refractivity contribution in [1.82, 2.24) is 25.5 Å². The molecule has 11 nitrogen and oxygen atoms in total. The predicted molar refractivity (Wildman–Crippen MR) is 115 cm³/mol. The first-order chi connectivity index (χ1) is 14.7. The van der Waals surface area contributed by atoms with Gasteiger partial charge in [0.15, 0.2) is 0 Å². The van der Waals surface area contributed by atoms with E-state index >= 15 is 0 Å². The molecule has 1 aliphatic heterocycles. The Morgan fingerprint density at radius 1 is 1.32 bits per heavy atom. The summed E-state index contributed by atoms with van der Waals surface area (Å²) in [6, 6.07) is -3.57. The Morgan fingerprint density at radius 3 is 2.61 bits per heavy atom. The fourth-order valence-electron chi connectivity index (χ4n) is 3.38. The van der Waals surface area contributed by atoms with Crippen molar-refractivity contribution in [3.8, 4) is 0 Å². The molecule has 2 rings (SSSR count). The second kappa shape index (κ2) is 11.7. The van der Waals surface area contributed by atoms with Crippen LogP contribution in [0.25, 0.3) is 0 Å². The van der Waals surface area contributed by atoms with Crippen LogP contribution in [0.2, 0.25) is 0 Å². The number of carboxylic acid groups (broad SMARTS) is 1. The van der Waals surface area contributed by atoms with E-state index in [0.29, 0.717) is 37.3 Å². The van der Waals surface area contributed by atoms with Crippen LogP contribution in [0.1, 0.15) is 31.9 Å². The smallest absolute Gasteiger partial charge is 0.326 e. The molecule has 6 N–H and O–H groups in total. The van der Waals surface area contributed by atoms with Crippen molar-refractivity contribution < 1.29 is 24.3 Å². The van der Waals surface area contributed by atoms with Gasteiger partial charge in [-0.3, -0.25) is 14.4 Å². The van der Waals surface area contributed by atoms with Gasteiger partial charge in [-0.2, -0.15) is 11.8 Å². The Morgan fingerprint density at radius 2 is 2.03 bits per heavy atom. The Bertz CT molecular complexity index is 772. The molecule has 0 saturated carbocycles.